The van der Waals surface area contributed by atoms with Gasteiger partial charge in [0.2, 0.25) is 0 Å². The van der Waals surface area contributed by atoms with Crippen molar-refractivity contribution in [3.05, 3.63) is 11.6 Å². The minimum atomic E-state index is -0.552. The van der Waals surface area contributed by atoms with Crippen molar-refractivity contribution in [1.82, 2.24) is 5.32 Å². The normalized spacial score (nSPS) is 53.2. The van der Waals surface area contributed by atoms with E-state index in [2.05, 4.69) is 32.2 Å². The minimum absolute atomic E-state index is 0.189. The third kappa shape index (κ3) is 3.17. The maximum absolute atomic E-state index is 11.5. The molecule has 5 saturated carbocycles. The van der Waals surface area contributed by atoms with Crippen LogP contribution in [0.2, 0.25) is 0 Å². The Morgan fingerprint density at radius 3 is 2.33 bits per heavy atom. The highest BCUT2D eigenvalue weighted by Gasteiger charge is 2.64. The van der Waals surface area contributed by atoms with Crippen molar-refractivity contribution in [3.63, 3.8) is 0 Å². The molecule has 9 atom stereocenters. The lowest BCUT2D eigenvalue weighted by Crippen LogP contribution is -2.64. The van der Waals surface area contributed by atoms with Crippen LogP contribution in [-0.2, 0) is 0 Å². The summed E-state index contributed by atoms with van der Waals surface area (Å²) in [4.78, 5) is 0. The average Bonchev–Trinajstić information content (AvgIpc) is 3.09. The summed E-state index contributed by atoms with van der Waals surface area (Å²) in [6.07, 6.45) is 16.4. The summed E-state index contributed by atoms with van der Waals surface area (Å²) >= 11 is 0. The number of allylic oxidation sites excluding steroid dienone is 2. The van der Waals surface area contributed by atoms with Gasteiger partial charge in [-0.05, 0) is 99.2 Å². The molecule has 0 heterocycles. The Bertz CT molecular complexity index is 670. The van der Waals surface area contributed by atoms with Gasteiger partial charge in [-0.2, -0.15) is 0 Å². The molecule has 0 aromatic heterocycles. The molecule has 3 N–H and O–H groups in total. The van der Waals surface area contributed by atoms with Crippen molar-refractivity contribution in [2.75, 3.05) is 0 Å². The fourth-order valence-corrected chi connectivity index (χ4v) is 9.34. The molecule has 0 aromatic rings. The summed E-state index contributed by atoms with van der Waals surface area (Å²) in [5.41, 5.74) is 2.05. The highest BCUT2D eigenvalue weighted by molar-refractivity contribution is 5.25. The van der Waals surface area contributed by atoms with Crippen LogP contribution in [0.3, 0.4) is 0 Å². The summed E-state index contributed by atoms with van der Waals surface area (Å²) in [5, 5.41) is 26.9. The van der Waals surface area contributed by atoms with E-state index in [0.717, 1.165) is 6.42 Å². The van der Waals surface area contributed by atoms with E-state index in [-0.39, 0.29) is 22.7 Å². The molecule has 0 bridgehead atoms. The number of hydrogen-bond donors (Lipinski definition) is 3. The summed E-state index contributed by atoms with van der Waals surface area (Å²) < 4.78 is 0. The van der Waals surface area contributed by atoms with Crippen LogP contribution in [-0.4, -0.2) is 34.5 Å². The zero-order valence-corrected chi connectivity index (χ0v) is 19.6. The van der Waals surface area contributed by atoms with Crippen LogP contribution in [0.1, 0.15) is 97.8 Å². The first kappa shape index (κ1) is 21.5. The number of aliphatic hydroxyl groups excluding tert-OH is 2. The van der Waals surface area contributed by atoms with Crippen molar-refractivity contribution >= 4 is 0 Å². The third-order valence-corrected chi connectivity index (χ3v) is 11.0. The summed E-state index contributed by atoms with van der Waals surface area (Å²) in [6, 6.07) is 1.21. The molecule has 0 amide bonds. The first-order chi connectivity index (χ1) is 14.4. The summed E-state index contributed by atoms with van der Waals surface area (Å²) in [5.74, 6) is 1.64. The highest BCUT2D eigenvalue weighted by Crippen LogP contribution is 2.67. The standard InChI is InChI=1S/C27H45NO2/c1-4-17-10-11-20-23-21(13-15-26(17,20)2)27(3)14-12-19(16-22(27)24(29)25(23)30)28-18-8-6-5-7-9-18/h4,18-25,28-30H,5-16H2,1-3H3/t19?,20?,21?,22?,23?,24-,25-,26-,27-/m1/s1. The second-order valence-corrected chi connectivity index (χ2v) is 12.2. The van der Waals surface area contributed by atoms with Gasteiger partial charge in [-0.1, -0.05) is 44.8 Å². The van der Waals surface area contributed by atoms with Gasteiger partial charge in [-0.3, -0.25) is 0 Å². The van der Waals surface area contributed by atoms with Gasteiger partial charge in [0.05, 0.1) is 12.2 Å². The van der Waals surface area contributed by atoms with Crippen LogP contribution < -0.4 is 5.32 Å². The fourth-order valence-electron chi connectivity index (χ4n) is 9.34. The second kappa shape index (κ2) is 7.89. The number of nitrogens with one attached hydrogen (secondary N) is 1. The van der Waals surface area contributed by atoms with Crippen LogP contribution in [0.4, 0.5) is 0 Å². The molecule has 5 rings (SSSR count). The molecule has 30 heavy (non-hydrogen) atoms. The van der Waals surface area contributed by atoms with Crippen LogP contribution >= 0.6 is 0 Å². The van der Waals surface area contributed by atoms with Gasteiger partial charge in [0.1, 0.15) is 0 Å². The van der Waals surface area contributed by atoms with E-state index in [1.54, 1.807) is 5.57 Å². The molecule has 3 heteroatoms. The van der Waals surface area contributed by atoms with Crippen molar-refractivity contribution in [2.45, 2.75) is 122 Å². The zero-order chi connectivity index (χ0) is 21.1. The SMILES string of the molecule is CC=C1CCC2C3C(CC[C@]12C)[C@@]1(C)CCC(NC2CCCCC2)CC1[C@@H](O)[C@@H]3O. The van der Waals surface area contributed by atoms with Crippen molar-refractivity contribution < 1.29 is 10.2 Å². The van der Waals surface area contributed by atoms with E-state index < -0.39 is 12.2 Å². The first-order valence-electron chi connectivity index (χ1n) is 13.2. The molecule has 5 aliphatic rings. The number of fused-ring (bicyclic) bond motifs is 5. The van der Waals surface area contributed by atoms with Crippen molar-refractivity contribution in [3.8, 4) is 0 Å². The largest absolute Gasteiger partial charge is 0.390 e. The van der Waals surface area contributed by atoms with E-state index in [1.807, 2.05) is 0 Å². The third-order valence-electron chi connectivity index (χ3n) is 11.0. The molecule has 0 aliphatic heterocycles. The maximum atomic E-state index is 11.5. The van der Waals surface area contributed by atoms with Gasteiger partial charge in [-0.15, -0.1) is 0 Å². The van der Waals surface area contributed by atoms with Gasteiger partial charge in [-0.25, -0.2) is 0 Å². The molecule has 0 spiro atoms. The van der Waals surface area contributed by atoms with Crippen LogP contribution in [0.25, 0.3) is 0 Å². The average molecular weight is 416 g/mol. The molecule has 0 aromatic carbocycles. The highest BCUT2D eigenvalue weighted by atomic mass is 16.3. The van der Waals surface area contributed by atoms with Gasteiger partial charge in [0.25, 0.3) is 0 Å². The Morgan fingerprint density at radius 2 is 1.60 bits per heavy atom. The van der Waals surface area contributed by atoms with Crippen LogP contribution in [0.5, 0.6) is 0 Å². The topological polar surface area (TPSA) is 52.5 Å². The lowest BCUT2D eigenvalue weighted by molar-refractivity contribution is -0.211. The Hall–Kier alpha value is -0.380. The van der Waals surface area contributed by atoms with E-state index in [9.17, 15) is 10.2 Å². The molecule has 5 aliphatic carbocycles. The molecule has 170 valence electrons. The Labute approximate surface area is 184 Å². The maximum Gasteiger partial charge on any atom is 0.0836 e. The quantitative estimate of drug-likeness (QED) is 0.543. The summed E-state index contributed by atoms with van der Waals surface area (Å²) in [7, 11) is 0. The second-order valence-electron chi connectivity index (χ2n) is 12.2. The smallest absolute Gasteiger partial charge is 0.0836 e. The van der Waals surface area contributed by atoms with Crippen molar-refractivity contribution in [1.29, 1.82) is 0 Å². The summed E-state index contributed by atoms with van der Waals surface area (Å²) in [6.45, 7) is 7.13. The predicted molar refractivity (Wildman–Crippen MR) is 122 cm³/mol. The van der Waals surface area contributed by atoms with Gasteiger partial charge in [0.15, 0.2) is 0 Å². The monoisotopic (exact) mass is 415 g/mol. The molecular weight excluding hydrogens is 370 g/mol. The Morgan fingerprint density at radius 1 is 0.833 bits per heavy atom. The number of rotatable bonds is 2. The van der Waals surface area contributed by atoms with Crippen LogP contribution in [0, 0.1) is 34.5 Å². The van der Waals surface area contributed by atoms with E-state index in [4.69, 9.17) is 0 Å². The van der Waals surface area contributed by atoms with Gasteiger partial charge >= 0.3 is 0 Å². The molecule has 0 saturated heterocycles. The predicted octanol–water partition coefficient (Wildman–Crippen LogP) is 5.21. The molecule has 0 radical (unpaired) electrons. The Balaban J connectivity index is 1.36. The lowest BCUT2D eigenvalue weighted by Gasteiger charge is -2.63. The minimum Gasteiger partial charge on any atom is -0.390 e. The first-order valence-corrected chi connectivity index (χ1v) is 13.2. The van der Waals surface area contributed by atoms with E-state index in [1.165, 1.54) is 70.6 Å². The molecule has 5 fully saturated rings. The molecule has 5 unspecified atom stereocenters. The van der Waals surface area contributed by atoms with Crippen LogP contribution in [0.15, 0.2) is 11.6 Å². The van der Waals surface area contributed by atoms with E-state index >= 15 is 0 Å². The molecular formula is C27H45NO2. The Kier molecular flexibility index (Phi) is 5.64. The molecule has 3 nitrogen and oxygen atoms in total. The van der Waals surface area contributed by atoms with Gasteiger partial charge in [0, 0.05) is 12.1 Å². The number of aliphatic hydroxyl groups is 2. The fraction of sp³-hybridized carbons (Fsp3) is 0.926. The number of hydrogen-bond acceptors (Lipinski definition) is 3. The van der Waals surface area contributed by atoms with Gasteiger partial charge < -0.3 is 15.5 Å². The zero-order valence-electron chi connectivity index (χ0n) is 19.6. The van der Waals surface area contributed by atoms with E-state index in [0.29, 0.717) is 23.9 Å². The lowest BCUT2D eigenvalue weighted by atomic mass is 9.43. The van der Waals surface area contributed by atoms with Crippen molar-refractivity contribution in [2.24, 2.45) is 34.5 Å².